The van der Waals surface area contributed by atoms with E-state index < -0.39 is 16.9 Å². The summed E-state index contributed by atoms with van der Waals surface area (Å²) in [6.45, 7) is 0. The van der Waals surface area contributed by atoms with Crippen molar-refractivity contribution in [1.82, 2.24) is 24.5 Å². The molecule has 2 aromatic rings. The Morgan fingerprint density at radius 1 is 1.28 bits per heavy atom. The van der Waals surface area contributed by atoms with Crippen LogP contribution < -0.4 is 4.72 Å². The molecule has 0 saturated heterocycles. The van der Waals surface area contributed by atoms with Crippen molar-refractivity contribution in [2.24, 2.45) is 0 Å². The van der Waals surface area contributed by atoms with Crippen LogP contribution in [0.2, 0.25) is 0 Å². The van der Waals surface area contributed by atoms with Crippen LogP contribution >= 0.6 is 0 Å². The van der Waals surface area contributed by atoms with Gasteiger partial charge in [-0.25, -0.2) is 18.9 Å². The Labute approximate surface area is 104 Å². The number of nitrogens with zero attached hydrogens (tertiary/aromatic N) is 4. The molecule has 0 radical (unpaired) electrons. The molecule has 0 saturated carbocycles. The maximum Gasteiger partial charge on any atom is 0.258 e. The summed E-state index contributed by atoms with van der Waals surface area (Å²) < 4.78 is 15.2. The van der Waals surface area contributed by atoms with Gasteiger partial charge in [0.25, 0.3) is 5.91 Å². The normalized spacial score (nSPS) is 18.6. The number of carbonyl (C=O) groups is 1. The van der Waals surface area contributed by atoms with Crippen molar-refractivity contribution in [1.29, 1.82) is 0 Å². The lowest BCUT2D eigenvalue weighted by Gasteiger charge is -1.98. The maximum atomic E-state index is 11.5. The van der Waals surface area contributed by atoms with Crippen LogP contribution in [0.1, 0.15) is 0 Å². The quantitative estimate of drug-likeness (QED) is 0.817. The molecule has 18 heavy (non-hydrogen) atoms. The Bertz CT molecular complexity index is 664. The fourth-order valence-electron chi connectivity index (χ4n) is 1.50. The van der Waals surface area contributed by atoms with Gasteiger partial charge in [0.2, 0.25) is 0 Å². The van der Waals surface area contributed by atoms with Gasteiger partial charge in [0, 0.05) is 24.7 Å². The van der Waals surface area contributed by atoms with Crippen molar-refractivity contribution in [3.05, 3.63) is 36.9 Å². The number of amides is 1. The molecule has 0 aliphatic carbocycles. The van der Waals surface area contributed by atoms with Crippen molar-refractivity contribution in [2.75, 3.05) is 0 Å². The standard InChI is InChI=1S/C10H7N5O2S/c16-8-4-9(18(17)14-8)15-6-7(5-13-15)10-11-2-1-3-12-10/h1-6H,(H,14,16). The summed E-state index contributed by atoms with van der Waals surface area (Å²) in [5.41, 5.74) is 0.688. The highest BCUT2D eigenvalue weighted by Gasteiger charge is 2.22. The lowest BCUT2D eigenvalue weighted by molar-refractivity contribution is -0.114. The zero-order valence-corrected chi connectivity index (χ0v) is 9.79. The fourth-order valence-corrected chi connectivity index (χ4v) is 2.33. The molecule has 1 unspecified atom stereocenters. The molecule has 1 N–H and O–H groups in total. The van der Waals surface area contributed by atoms with Crippen molar-refractivity contribution in [3.8, 4) is 11.4 Å². The van der Waals surface area contributed by atoms with Crippen LogP contribution in [0.4, 0.5) is 0 Å². The van der Waals surface area contributed by atoms with Gasteiger partial charge in [-0.15, -0.1) is 0 Å². The van der Waals surface area contributed by atoms with Gasteiger partial charge >= 0.3 is 0 Å². The van der Waals surface area contributed by atoms with Gasteiger partial charge in [-0.1, -0.05) is 0 Å². The van der Waals surface area contributed by atoms with Crippen molar-refractivity contribution >= 4 is 21.9 Å². The molecule has 0 spiro atoms. The largest absolute Gasteiger partial charge is 0.269 e. The van der Waals surface area contributed by atoms with E-state index in [9.17, 15) is 9.00 Å². The second-order valence-corrected chi connectivity index (χ2v) is 4.62. The van der Waals surface area contributed by atoms with Crippen LogP contribution in [-0.2, 0) is 15.8 Å². The minimum absolute atomic E-state index is 0.294. The molecule has 1 aliphatic heterocycles. The van der Waals surface area contributed by atoms with E-state index in [2.05, 4.69) is 19.8 Å². The van der Waals surface area contributed by atoms with Crippen LogP contribution in [0.3, 0.4) is 0 Å². The topological polar surface area (TPSA) is 89.8 Å². The third-order valence-corrected chi connectivity index (χ3v) is 3.34. The van der Waals surface area contributed by atoms with Crippen LogP contribution in [0.5, 0.6) is 0 Å². The number of carbonyl (C=O) groups excluding carboxylic acids is 1. The molecular weight excluding hydrogens is 254 g/mol. The summed E-state index contributed by atoms with van der Waals surface area (Å²) in [7, 11) is -1.56. The molecule has 90 valence electrons. The third kappa shape index (κ3) is 1.82. The van der Waals surface area contributed by atoms with E-state index >= 15 is 0 Å². The first-order valence-corrected chi connectivity index (χ1v) is 6.15. The third-order valence-electron chi connectivity index (χ3n) is 2.27. The fraction of sp³-hybridized carbons (Fsp3) is 0. The van der Waals surface area contributed by atoms with Gasteiger partial charge in [0.15, 0.2) is 21.8 Å². The van der Waals surface area contributed by atoms with E-state index in [1.165, 1.54) is 10.8 Å². The monoisotopic (exact) mass is 261 g/mol. The highest BCUT2D eigenvalue weighted by atomic mass is 32.2. The molecule has 1 aliphatic rings. The highest BCUT2D eigenvalue weighted by molar-refractivity contribution is 7.93. The number of rotatable bonds is 2. The minimum Gasteiger partial charge on any atom is -0.269 e. The first kappa shape index (κ1) is 10.8. The predicted molar refractivity (Wildman–Crippen MR) is 63.8 cm³/mol. The zero-order chi connectivity index (χ0) is 12.5. The second kappa shape index (κ2) is 4.15. The predicted octanol–water partition coefficient (Wildman–Crippen LogP) is -0.0680. The van der Waals surface area contributed by atoms with E-state index in [0.29, 0.717) is 16.4 Å². The number of hydrogen-bond donors (Lipinski definition) is 1. The summed E-state index contributed by atoms with van der Waals surface area (Å²) in [6.07, 6.45) is 7.67. The van der Waals surface area contributed by atoms with Gasteiger partial charge in [-0.2, -0.15) is 5.10 Å². The number of hydrogen-bond acceptors (Lipinski definition) is 5. The minimum atomic E-state index is -1.56. The second-order valence-electron chi connectivity index (χ2n) is 3.46. The average Bonchev–Trinajstić information content (AvgIpc) is 2.97. The maximum absolute atomic E-state index is 11.5. The van der Waals surface area contributed by atoms with Crippen molar-refractivity contribution < 1.29 is 9.00 Å². The molecule has 1 amide bonds. The van der Waals surface area contributed by atoms with Gasteiger partial charge < -0.3 is 0 Å². The highest BCUT2D eigenvalue weighted by Crippen LogP contribution is 2.18. The Kier molecular flexibility index (Phi) is 2.49. The Hall–Kier alpha value is -2.35. The van der Waals surface area contributed by atoms with E-state index in [0.717, 1.165) is 0 Å². The van der Waals surface area contributed by atoms with E-state index in [1.54, 1.807) is 30.9 Å². The van der Waals surface area contributed by atoms with Crippen molar-refractivity contribution in [2.45, 2.75) is 0 Å². The molecule has 1 atom stereocenters. The Morgan fingerprint density at radius 3 is 2.72 bits per heavy atom. The first-order valence-electron chi connectivity index (χ1n) is 5.00. The molecular formula is C10H7N5O2S. The molecule has 0 bridgehead atoms. The number of nitrogens with one attached hydrogen (secondary N) is 1. The van der Waals surface area contributed by atoms with Crippen LogP contribution in [-0.4, -0.2) is 29.9 Å². The smallest absolute Gasteiger partial charge is 0.258 e. The lowest BCUT2D eigenvalue weighted by Crippen LogP contribution is -2.17. The average molecular weight is 261 g/mol. The van der Waals surface area contributed by atoms with Crippen LogP contribution in [0, 0.1) is 0 Å². The molecule has 0 aromatic carbocycles. The van der Waals surface area contributed by atoms with Gasteiger partial charge in [-0.3, -0.25) is 9.52 Å². The summed E-state index contributed by atoms with van der Waals surface area (Å²) in [6, 6.07) is 1.71. The molecule has 7 nitrogen and oxygen atoms in total. The molecule has 0 fully saturated rings. The first-order chi connectivity index (χ1) is 8.74. The van der Waals surface area contributed by atoms with Crippen LogP contribution in [0.25, 0.3) is 16.4 Å². The summed E-state index contributed by atoms with van der Waals surface area (Å²) in [4.78, 5) is 19.2. The Balaban J connectivity index is 1.98. The number of aromatic nitrogens is 4. The van der Waals surface area contributed by atoms with Crippen molar-refractivity contribution in [3.63, 3.8) is 0 Å². The zero-order valence-electron chi connectivity index (χ0n) is 8.98. The Morgan fingerprint density at radius 2 is 2.06 bits per heavy atom. The summed E-state index contributed by atoms with van der Waals surface area (Å²) >= 11 is 0. The van der Waals surface area contributed by atoms with Gasteiger partial charge in [0.1, 0.15) is 0 Å². The SMILES string of the molecule is O=C1C=C(n2cc(-c3ncccn3)cn2)S(=O)N1. The summed E-state index contributed by atoms with van der Waals surface area (Å²) in [5, 5.41) is 4.34. The molecule has 8 heteroatoms. The lowest BCUT2D eigenvalue weighted by atomic mass is 10.3. The summed E-state index contributed by atoms with van der Waals surface area (Å²) in [5.74, 6) is 0.128. The van der Waals surface area contributed by atoms with Gasteiger partial charge in [-0.05, 0) is 6.07 Å². The van der Waals surface area contributed by atoms with Crippen LogP contribution in [0.15, 0.2) is 36.9 Å². The van der Waals surface area contributed by atoms with E-state index in [4.69, 9.17) is 0 Å². The van der Waals surface area contributed by atoms with E-state index in [1.807, 2.05) is 0 Å². The van der Waals surface area contributed by atoms with Gasteiger partial charge in [0.05, 0.1) is 11.8 Å². The van der Waals surface area contributed by atoms with E-state index in [-0.39, 0.29) is 0 Å². The molecule has 2 aromatic heterocycles. The molecule has 3 heterocycles. The molecule has 3 rings (SSSR count).